The zero-order valence-corrected chi connectivity index (χ0v) is 15.7. The second-order valence-corrected chi connectivity index (χ2v) is 7.70. The molecule has 6 nitrogen and oxygen atoms in total. The fourth-order valence-electron chi connectivity index (χ4n) is 3.03. The van der Waals surface area contributed by atoms with Gasteiger partial charge in [-0.05, 0) is 25.1 Å². The van der Waals surface area contributed by atoms with E-state index in [2.05, 4.69) is 10.3 Å². The van der Waals surface area contributed by atoms with E-state index in [0.29, 0.717) is 16.1 Å². The van der Waals surface area contributed by atoms with Crippen LogP contribution in [0, 0.1) is 0 Å². The highest BCUT2D eigenvalue weighted by Gasteiger charge is 2.29. The topological polar surface area (TPSA) is 75.6 Å². The Balaban J connectivity index is 1.91. The van der Waals surface area contributed by atoms with Crippen LogP contribution in [0.3, 0.4) is 0 Å². The molecule has 1 aromatic carbocycles. The number of thioether (sulfide) groups is 1. The number of quaternary nitrogens is 1. The summed E-state index contributed by atoms with van der Waals surface area (Å²) in [6.07, 6.45) is 0. The average Bonchev–Trinajstić information content (AvgIpc) is 2.98. The number of hydrogen-bond acceptors (Lipinski definition) is 4. The number of ether oxygens (including phenoxy) is 1. The maximum atomic E-state index is 12.8. The summed E-state index contributed by atoms with van der Waals surface area (Å²) in [4.78, 5) is 29.1. The van der Waals surface area contributed by atoms with Crippen LogP contribution in [0.1, 0.15) is 17.4 Å². The third kappa shape index (κ3) is 3.78. The van der Waals surface area contributed by atoms with Crippen molar-refractivity contribution >= 4 is 51.8 Å². The summed E-state index contributed by atoms with van der Waals surface area (Å²) < 4.78 is 4.83. The van der Waals surface area contributed by atoms with Gasteiger partial charge in [-0.25, -0.2) is 4.79 Å². The second kappa shape index (κ2) is 7.68. The number of esters is 1. The van der Waals surface area contributed by atoms with Crippen LogP contribution in [0.2, 0.25) is 5.02 Å². The lowest BCUT2D eigenvalue weighted by Gasteiger charge is -2.28. The molecule has 1 atom stereocenters. The summed E-state index contributed by atoms with van der Waals surface area (Å²) in [5.41, 5.74) is 1.37. The van der Waals surface area contributed by atoms with Crippen LogP contribution in [0.5, 0.6) is 0 Å². The number of fused-ring (bicyclic) bond motifs is 1. The molecule has 0 bridgehead atoms. The van der Waals surface area contributed by atoms with E-state index in [0.717, 1.165) is 30.1 Å². The number of amides is 1. The lowest BCUT2D eigenvalue weighted by molar-refractivity contribution is -0.910. The van der Waals surface area contributed by atoms with E-state index < -0.39 is 5.97 Å². The van der Waals surface area contributed by atoms with Crippen molar-refractivity contribution in [2.75, 3.05) is 37.0 Å². The number of aromatic amines is 1. The molecular formula is C17H21ClN3O3S+. The first kappa shape index (κ1) is 18.1. The van der Waals surface area contributed by atoms with E-state index in [-0.39, 0.29) is 17.6 Å². The molecule has 1 aliphatic heterocycles. The molecule has 0 aliphatic carbocycles. The molecule has 2 heterocycles. The highest BCUT2D eigenvalue weighted by molar-refractivity contribution is 7.99. The first-order valence-corrected chi connectivity index (χ1v) is 9.67. The van der Waals surface area contributed by atoms with Crippen molar-refractivity contribution in [2.45, 2.75) is 13.0 Å². The van der Waals surface area contributed by atoms with E-state index in [4.69, 9.17) is 16.3 Å². The fourth-order valence-corrected chi connectivity index (χ4v) is 4.22. The lowest BCUT2D eigenvalue weighted by atomic mass is 10.2. The van der Waals surface area contributed by atoms with Gasteiger partial charge in [-0.15, -0.1) is 0 Å². The summed E-state index contributed by atoms with van der Waals surface area (Å²) in [6.45, 7) is 3.84. The second-order valence-electron chi connectivity index (χ2n) is 6.04. The predicted octanol–water partition coefficient (Wildman–Crippen LogP) is 1.57. The van der Waals surface area contributed by atoms with Crippen LogP contribution >= 0.6 is 23.4 Å². The van der Waals surface area contributed by atoms with E-state index in [1.807, 2.05) is 18.7 Å². The zero-order chi connectivity index (χ0) is 18.0. The van der Waals surface area contributed by atoms with Gasteiger partial charge >= 0.3 is 5.97 Å². The number of aromatic nitrogens is 1. The van der Waals surface area contributed by atoms with Gasteiger partial charge in [0.2, 0.25) is 0 Å². The number of rotatable bonds is 4. The van der Waals surface area contributed by atoms with E-state index in [1.165, 1.54) is 12.0 Å². The largest absolute Gasteiger partial charge is 0.464 e. The van der Waals surface area contributed by atoms with E-state index in [1.54, 1.807) is 18.2 Å². The number of hydrogen-bond donors (Lipinski definition) is 3. The Bertz CT molecular complexity index is 802. The van der Waals surface area contributed by atoms with Crippen LogP contribution in [0.25, 0.3) is 10.9 Å². The predicted molar refractivity (Wildman–Crippen MR) is 101 cm³/mol. The Hall–Kier alpha value is -1.70. The first-order valence-electron chi connectivity index (χ1n) is 8.14. The van der Waals surface area contributed by atoms with E-state index in [9.17, 15) is 9.59 Å². The molecular weight excluding hydrogens is 362 g/mol. The summed E-state index contributed by atoms with van der Waals surface area (Å²) in [5, 5.41) is 4.14. The van der Waals surface area contributed by atoms with Gasteiger partial charge in [-0.2, -0.15) is 11.8 Å². The van der Waals surface area contributed by atoms with Crippen LogP contribution in [-0.4, -0.2) is 54.6 Å². The molecule has 134 valence electrons. The molecule has 1 amide bonds. The van der Waals surface area contributed by atoms with Crippen molar-refractivity contribution in [2.24, 2.45) is 0 Å². The van der Waals surface area contributed by atoms with Crippen molar-refractivity contribution in [1.82, 2.24) is 4.98 Å². The summed E-state index contributed by atoms with van der Waals surface area (Å²) in [6, 6.07) is 5.03. The Kier molecular flexibility index (Phi) is 5.56. The van der Waals surface area contributed by atoms with Gasteiger partial charge in [-0.3, -0.25) is 4.79 Å². The molecule has 0 unspecified atom stereocenters. The molecule has 2 aromatic rings. The minimum atomic E-state index is -0.531. The molecule has 3 rings (SSSR count). The van der Waals surface area contributed by atoms with Gasteiger partial charge in [0.25, 0.3) is 5.91 Å². The van der Waals surface area contributed by atoms with Crippen molar-refractivity contribution in [1.29, 1.82) is 0 Å². The number of carbonyl (C=O) groups is 2. The molecule has 0 saturated carbocycles. The summed E-state index contributed by atoms with van der Waals surface area (Å²) in [7, 11) is 1.31. The van der Waals surface area contributed by atoms with Gasteiger partial charge < -0.3 is 19.9 Å². The third-order valence-corrected chi connectivity index (χ3v) is 5.76. The summed E-state index contributed by atoms with van der Waals surface area (Å²) >= 11 is 8.00. The minimum absolute atomic E-state index is 0.118. The van der Waals surface area contributed by atoms with Crippen molar-refractivity contribution in [3.63, 3.8) is 0 Å². The molecule has 25 heavy (non-hydrogen) atoms. The van der Waals surface area contributed by atoms with Crippen LogP contribution in [0.4, 0.5) is 5.69 Å². The van der Waals surface area contributed by atoms with Gasteiger partial charge in [-0.1, -0.05) is 11.6 Å². The molecule has 1 fully saturated rings. The molecule has 8 heteroatoms. The van der Waals surface area contributed by atoms with Crippen molar-refractivity contribution < 1.29 is 19.2 Å². The highest BCUT2D eigenvalue weighted by atomic mass is 35.5. The third-order valence-electron chi connectivity index (χ3n) is 4.54. The number of benzene rings is 1. The average molecular weight is 383 g/mol. The molecule has 1 saturated heterocycles. The van der Waals surface area contributed by atoms with Crippen LogP contribution in [0.15, 0.2) is 18.2 Å². The van der Waals surface area contributed by atoms with Crippen molar-refractivity contribution in [3.8, 4) is 0 Å². The Morgan fingerprint density at radius 2 is 2.08 bits per heavy atom. The maximum Gasteiger partial charge on any atom is 0.356 e. The van der Waals surface area contributed by atoms with Gasteiger partial charge in [0.15, 0.2) is 6.04 Å². The number of halogens is 1. The quantitative estimate of drug-likeness (QED) is 0.701. The number of H-pyrrole nitrogens is 1. The molecule has 0 radical (unpaired) electrons. The number of nitrogens with one attached hydrogen (secondary N) is 3. The first-order chi connectivity index (χ1) is 12.0. The molecule has 1 aliphatic rings. The van der Waals surface area contributed by atoms with Crippen LogP contribution in [-0.2, 0) is 9.53 Å². The Morgan fingerprint density at radius 3 is 2.76 bits per heavy atom. The maximum absolute atomic E-state index is 12.8. The number of anilines is 1. The monoisotopic (exact) mass is 382 g/mol. The summed E-state index contributed by atoms with van der Waals surface area (Å²) in [5.74, 6) is 1.47. The lowest BCUT2D eigenvalue weighted by Crippen LogP contribution is -3.18. The minimum Gasteiger partial charge on any atom is -0.464 e. The van der Waals surface area contributed by atoms with Gasteiger partial charge in [0.1, 0.15) is 5.69 Å². The Labute approximate surface area is 155 Å². The van der Waals surface area contributed by atoms with E-state index >= 15 is 0 Å². The normalized spacial score (nSPS) is 16.6. The van der Waals surface area contributed by atoms with Gasteiger partial charge in [0.05, 0.1) is 25.9 Å². The molecule has 0 spiro atoms. The number of methoxy groups -OCH3 is 1. The molecule has 1 aromatic heterocycles. The smallest absolute Gasteiger partial charge is 0.356 e. The fraction of sp³-hybridized carbons (Fsp3) is 0.412. The standard InChI is InChI=1S/C17H20ClN3O3S/c1-10(21-5-7-25-8-6-21)16(22)20-14-12-9-11(18)3-4-13(12)19-15(14)17(23)24-2/h3-4,9-10,19H,5-8H2,1-2H3,(H,20,22)/p+1/t10-/m1/s1. The zero-order valence-electron chi connectivity index (χ0n) is 14.1. The molecule has 3 N–H and O–H groups in total. The van der Waals surface area contributed by atoms with Crippen molar-refractivity contribution in [3.05, 3.63) is 28.9 Å². The van der Waals surface area contributed by atoms with Crippen LogP contribution < -0.4 is 10.2 Å². The number of carbonyl (C=O) groups excluding carboxylic acids is 2. The highest BCUT2D eigenvalue weighted by Crippen LogP contribution is 2.30. The van der Waals surface area contributed by atoms with Gasteiger partial charge in [0, 0.05) is 27.4 Å². The Morgan fingerprint density at radius 1 is 1.36 bits per heavy atom. The SMILES string of the molecule is COC(=O)c1[nH]c2ccc(Cl)cc2c1NC(=O)[C@@H](C)[NH+]1CCSCC1.